The number of likely N-dealkylation sites (tertiary alicyclic amines) is 1. The highest BCUT2D eigenvalue weighted by atomic mass is 16.2. The van der Waals surface area contributed by atoms with E-state index >= 15 is 0 Å². The summed E-state index contributed by atoms with van der Waals surface area (Å²) in [4.78, 5) is 34.8. The predicted octanol–water partition coefficient (Wildman–Crippen LogP) is 3.30. The first-order chi connectivity index (χ1) is 13.1. The molecule has 1 atom stereocenters. The summed E-state index contributed by atoms with van der Waals surface area (Å²) >= 11 is 0. The number of nitrogens with zero attached hydrogens (tertiary/aromatic N) is 2. The molecule has 0 bridgehead atoms. The van der Waals surface area contributed by atoms with Crippen molar-refractivity contribution in [2.24, 2.45) is 0 Å². The van der Waals surface area contributed by atoms with E-state index in [1.165, 1.54) is 0 Å². The van der Waals surface area contributed by atoms with Gasteiger partial charge in [-0.05, 0) is 38.2 Å². The quantitative estimate of drug-likeness (QED) is 0.908. The summed E-state index contributed by atoms with van der Waals surface area (Å²) in [6.07, 6.45) is 5.99. The molecular formula is C22H27N3O2. The maximum atomic E-state index is 13.7. The van der Waals surface area contributed by atoms with Crippen LogP contribution in [0.3, 0.4) is 0 Å². The van der Waals surface area contributed by atoms with Crippen molar-refractivity contribution < 1.29 is 4.79 Å². The van der Waals surface area contributed by atoms with Gasteiger partial charge in [-0.2, -0.15) is 0 Å². The Kier molecular flexibility index (Phi) is 4.85. The molecule has 2 aliphatic rings. The van der Waals surface area contributed by atoms with E-state index in [2.05, 4.69) is 22.1 Å². The van der Waals surface area contributed by atoms with Crippen molar-refractivity contribution in [1.29, 1.82) is 0 Å². The fraction of sp³-hybridized carbons (Fsp3) is 0.500. The second-order valence-electron chi connectivity index (χ2n) is 8.00. The molecule has 142 valence electrons. The minimum Gasteiger partial charge on any atom is -0.341 e. The van der Waals surface area contributed by atoms with Gasteiger partial charge in [-0.15, -0.1) is 0 Å². The molecule has 5 heteroatoms. The molecule has 0 spiro atoms. The summed E-state index contributed by atoms with van der Waals surface area (Å²) < 4.78 is 0. The van der Waals surface area contributed by atoms with Crippen LogP contribution in [0.1, 0.15) is 61.5 Å². The molecule has 1 aliphatic heterocycles. The van der Waals surface area contributed by atoms with Gasteiger partial charge in [0.25, 0.3) is 5.56 Å². The molecule has 2 aromatic rings. The number of aromatic nitrogens is 2. The van der Waals surface area contributed by atoms with Crippen LogP contribution in [0.4, 0.5) is 0 Å². The van der Waals surface area contributed by atoms with Gasteiger partial charge in [0.05, 0.1) is 11.1 Å². The lowest BCUT2D eigenvalue weighted by Gasteiger charge is -2.39. The lowest BCUT2D eigenvalue weighted by atomic mass is 9.77. The number of carbonyl (C=O) groups is 1. The molecule has 1 saturated carbocycles. The number of benzene rings is 1. The summed E-state index contributed by atoms with van der Waals surface area (Å²) in [6, 6.07) is 11.9. The molecular weight excluding hydrogens is 338 g/mol. The molecule has 1 aromatic carbocycles. The van der Waals surface area contributed by atoms with E-state index in [-0.39, 0.29) is 22.8 Å². The zero-order valence-electron chi connectivity index (χ0n) is 15.9. The number of hydrogen-bond acceptors (Lipinski definition) is 3. The molecule has 27 heavy (non-hydrogen) atoms. The van der Waals surface area contributed by atoms with Gasteiger partial charge in [-0.25, -0.2) is 4.98 Å². The Morgan fingerprint density at radius 1 is 1.19 bits per heavy atom. The van der Waals surface area contributed by atoms with Crippen LogP contribution in [0, 0.1) is 6.92 Å². The summed E-state index contributed by atoms with van der Waals surface area (Å²) in [5.74, 6) is 1.04. The van der Waals surface area contributed by atoms with E-state index in [1.54, 1.807) is 13.0 Å². The first kappa shape index (κ1) is 18.0. The van der Waals surface area contributed by atoms with Crippen LogP contribution in [0.2, 0.25) is 0 Å². The number of aromatic amines is 1. The number of hydrogen-bond donors (Lipinski definition) is 1. The highest BCUT2D eigenvalue weighted by Crippen LogP contribution is 2.43. The zero-order valence-corrected chi connectivity index (χ0v) is 15.9. The standard InChI is InChI=1S/C22H27N3O2/c1-16-23-19(14-20(26)24-16)17-8-7-13-25(15-17)21(27)22(11-5-6-12-22)18-9-3-2-4-10-18/h2-4,9-10,14,17H,5-8,11-13,15H2,1H3,(H,23,24,26)/t17-/m1/s1. The van der Waals surface area contributed by atoms with Gasteiger partial charge in [0.15, 0.2) is 0 Å². The summed E-state index contributed by atoms with van der Waals surface area (Å²) in [5.41, 5.74) is 1.48. The van der Waals surface area contributed by atoms with Crippen LogP contribution >= 0.6 is 0 Å². The van der Waals surface area contributed by atoms with E-state index in [4.69, 9.17) is 0 Å². The predicted molar refractivity (Wildman–Crippen MR) is 105 cm³/mol. The van der Waals surface area contributed by atoms with E-state index < -0.39 is 0 Å². The van der Waals surface area contributed by atoms with Gasteiger partial charge < -0.3 is 9.88 Å². The summed E-state index contributed by atoms with van der Waals surface area (Å²) in [7, 11) is 0. The van der Waals surface area contributed by atoms with Crippen molar-refractivity contribution in [3.8, 4) is 0 Å². The number of carbonyl (C=O) groups excluding carboxylic acids is 1. The largest absolute Gasteiger partial charge is 0.341 e. The monoisotopic (exact) mass is 365 g/mol. The van der Waals surface area contributed by atoms with Crippen molar-refractivity contribution in [3.05, 3.63) is 63.8 Å². The first-order valence-corrected chi connectivity index (χ1v) is 10.0. The third kappa shape index (κ3) is 3.43. The zero-order chi connectivity index (χ0) is 18.9. The number of H-pyrrole nitrogens is 1. The minimum absolute atomic E-state index is 0.113. The highest BCUT2D eigenvalue weighted by molar-refractivity contribution is 5.88. The average molecular weight is 365 g/mol. The van der Waals surface area contributed by atoms with Crippen LogP contribution in [0.25, 0.3) is 0 Å². The van der Waals surface area contributed by atoms with Crippen LogP contribution in [-0.2, 0) is 10.2 Å². The molecule has 5 nitrogen and oxygen atoms in total. The van der Waals surface area contributed by atoms with Crippen LogP contribution < -0.4 is 5.56 Å². The second kappa shape index (κ2) is 7.29. The van der Waals surface area contributed by atoms with Crippen LogP contribution in [0.5, 0.6) is 0 Å². The van der Waals surface area contributed by atoms with Crippen molar-refractivity contribution in [1.82, 2.24) is 14.9 Å². The fourth-order valence-electron chi connectivity index (χ4n) is 4.88. The lowest BCUT2D eigenvalue weighted by molar-refractivity contribution is -0.138. The minimum atomic E-state index is -0.374. The fourth-order valence-corrected chi connectivity index (χ4v) is 4.88. The van der Waals surface area contributed by atoms with Gasteiger partial charge in [0.2, 0.25) is 5.91 Å². The van der Waals surface area contributed by atoms with E-state index in [9.17, 15) is 9.59 Å². The van der Waals surface area contributed by atoms with Gasteiger partial charge >= 0.3 is 0 Å². The third-order valence-corrected chi connectivity index (χ3v) is 6.20. The average Bonchev–Trinajstić information content (AvgIpc) is 3.18. The molecule has 1 aliphatic carbocycles. The normalized spacial score (nSPS) is 22.0. The SMILES string of the molecule is Cc1nc([C@@H]2CCCN(C(=O)C3(c4ccccc4)CCCC3)C2)cc(=O)[nH]1. The van der Waals surface area contributed by atoms with E-state index in [0.717, 1.165) is 56.3 Å². The molecule has 0 unspecified atom stereocenters. The van der Waals surface area contributed by atoms with Gasteiger partial charge in [-0.3, -0.25) is 9.59 Å². The Bertz CT molecular complexity index is 869. The maximum Gasteiger partial charge on any atom is 0.251 e. The molecule has 1 saturated heterocycles. The van der Waals surface area contributed by atoms with Crippen LogP contribution in [0.15, 0.2) is 41.2 Å². The second-order valence-corrected chi connectivity index (χ2v) is 8.00. The van der Waals surface area contributed by atoms with E-state index in [0.29, 0.717) is 12.4 Å². The molecule has 2 heterocycles. The summed E-state index contributed by atoms with van der Waals surface area (Å²) in [6.45, 7) is 3.26. The van der Waals surface area contributed by atoms with Gasteiger partial charge in [0.1, 0.15) is 5.82 Å². The summed E-state index contributed by atoms with van der Waals surface area (Å²) in [5, 5.41) is 0. The third-order valence-electron chi connectivity index (χ3n) is 6.20. The van der Waals surface area contributed by atoms with Crippen molar-refractivity contribution in [2.75, 3.05) is 13.1 Å². The first-order valence-electron chi connectivity index (χ1n) is 10.0. The van der Waals surface area contributed by atoms with Crippen molar-refractivity contribution in [2.45, 2.75) is 56.8 Å². The molecule has 1 N–H and O–H groups in total. The number of piperidine rings is 1. The van der Waals surface area contributed by atoms with Crippen LogP contribution in [-0.4, -0.2) is 33.9 Å². The molecule has 4 rings (SSSR count). The Morgan fingerprint density at radius 2 is 1.93 bits per heavy atom. The van der Waals surface area contributed by atoms with Gasteiger partial charge in [0, 0.05) is 25.1 Å². The Balaban J connectivity index is 1.60. The number of rotatable bonds is 3. The Hall–Kier alpha value is -2.43. The molecule has 0 radical (unpaired) electrons. The highest BCUT2D eigenvalue weighted by Gasteiger charge is 2.45. The van der Waals surface area contributed by atoms with Gasteiger partial charge in [-0.1, -0.05) is 43.2 Å². The Labute approximate surface area is 159 Å². The number of amides is 1. The number of aryl methyl sites for hydroxylation is 1. The van der Waals surface area contributed by atoms with Crippen molar-refractivity contribution >= 4 is 5.91 Å². The topological polar surface area (TPSA) is 66.1 Å². The smallest absolute Gasteiger partial charge is 0.251 e. The number of nitrogens with one attached hydrogen (secondary N) is 1. The molecule has 2 fully saturated rings. The molecule has 1 aromatic heterocycles. The lowest BCUT2D eigenvalue weighted by Crippen LogP contribution is -2.49. The molecule has 1 amide bonds. The van der Waals surface area contributed by atoms with Crippen molar-refractivity contribution in [3.63, 3.8) is 0 Å². The Morgan fingerprint density at radius 3 is 2.63 bits per heavy atom. The van der Waals surface area contributed by atoms with E-state index in [1.807, 2.05) is 23.1 Å². The maximum absolute atomic E-state index is 13.7.